The lowest BCUT2D eigenvalue weighted by atomic mass is 9.91. The molecule has 0 bridgehead atoms. The number of amides is 1. The SMILES string of the molecule is Cn1nc(OC(F)F)cc1Nc1nncn1[C@H]1CCc2sc(NC(=O)C3CC3)c(C(=O)O)c2C1. The fourth-order valence-electron chi connectivity index (χ4n) is 4.10. The molecule has 1 saturated carbocycles. The van der Waals surface area contributed by atoms with Crippen molar-refractivity contribution >= 4 is 40.0 Å². The number of rotatable bonds is 8. The molecule has 1 fully saturated rings. The van der Waals surface area contributed by atoms with E-state index in [0.717, 1.165) is 17.7 Å². The first-order valence-corrected chi connectivity index (χ1v) is 11.5. The van der Waals surface area contributed by atoms with E-state index in [0.29, 0.717) is 41.6 Å². The molecule has 0 unspecified atom stereocenters. The minimum atomic E-state index is -2.99. The van der Waals surface area contributed by atoms with Crippen LogP contribution >= 0.6 is 11.3 Å². The van der Waals surface area contributed by atoms with Crippen molar-refractivity contribution in [2.45, 2.75) is 44.8 Å². The van der Waals surface area contributed by atoms with Crippen molar-refractivity contribution in [3.05, 3.63) is 28.4 Å². The summed E-state index contributed by atoms with van der Waals surface area (Å²) in [6.45, 7) is -2.99. The van der Waals surface area contributed by atoms with Crippen LogP contribution < -0.4 is 15.4 Å². The minimum Gasteiger partial charge on any atom is -0.478 e. The number of hydrogen-bond donors (Lipinski definition) is 3. The molecule has 0 spiro atoms. The van der Waals surface area contributed by atoms with Crippen LogP contribution in [0.15, 0.2) is 12.4 Å². The Labute approximate surface area is 195 Å². The number of aromatic carboxylic acids is 1. The predicted molar refractivity (Wildman–Crippen MR) is 117 cm³/mol. The zero-order chi connectivity index (χ0) is 24.0. The van der Waals surface area contributed by atoms with Gasteiger partial charge >= 0.3 is 12.6 Å². The number of nitrogens with one attached hydrogen (secondary N) is 2. The molecule has 0 saturated heterocycles. The molecule has 180 valence electrons. The molecule has 3 N–H and O–H groups in total. The minimum absolute atomic E-state index is 0.0298. The Morgan fingerprint density at radius 2 is 2.12 bits per heavy atom. The molecule has 1 atom stereocenters. The molecule has 3 aromatic heterocycles. The van der Waals surface area contributed by atoms with Crippen LogP contribution in [0.1, 0.15) is 46.1 Å². The van der Waals surface area contributed by atoms with Gasteiger partial charge in [-0.2, -0.15) is 8.78 Å². The molecule has 0 radical (unpaired) electrons. The van der Waals surface area contributed by atoms with E-state index in [1.165, 1.54) is 28.4 Å². The van der Waals surface area contributed by atoms with Gasteiger partial charge in [0, 0.05) is 30.0 Å². The summed E-state index contributed by atoms with van der Waals surface area (Å²) in [5.74, 6) is -0.749. The lowest BCUT2D eigenvalue weighted by molar-refractivity contribution is -0.117. The second-order valence-electron chi connectivity index (χ2n) is 8.23. The standard InChI is InChI=1S/C20H21F2N7O4S/c1-28-13(7-14(27-28)33-19(21)22)24-20-26-23-8-29(20)10-4-5-12-11(6-10)15(18(31)32)17(34-12)25-16(30)9-2-3-9/h7-10,19H,2-6H2,1H3,(H,24,26)(H,25,30)(H,31,32)/t10-/m0/s1. The van der Waals surface area contributed by atoms with Gasteiger partial charge in [-0.25, -0.2) is 9.48 Å². The van der Waals surface area contributed by atoms with Crippen LogP contribution in [-0.4, -0.2) is 48.1 Å². The van der Waals surface area contributed by atoms with Crippen LogP contribution in [0, 0.1) is 5.92 Å². The monoisotopic (exact) mass is 493 g/mol. The quantitative estimate of drug-likeness (QED) is 0.435. The van der Waals surface area contributed by atoms with E-state index >= 15 is 0 Å². The number of aromatic nitrogens is 5. The van der Waals surface area contributed by atoms with Crippen LogP contribution in [0.25, 0.3) is 0 Å². The summed E-state index contributed by atoms with van der Waals surface area (Å²) in [7, 11) is 1.57. The fourth-order valence-corrected chi connectivity index (χ4v) is 5.34. The van der Waals surface area contributed by atoms with Crippen LogP contribution in [0.3, 0.4) is 0 Å². The van der Waals surface area contributed by atoms with Gasteiger partial charge in [0.15, 0.2) is 0 Å². The summed E-state index contributed by atoms with van der Waals surface area (Å²) in [4.78, 5) is 25.3. The average molecular weight is 493 g/mol. The van der Waals surface area contributed by atoms with Gasteiger partial charge in [0.25, 0.3) is 0 Å². The number of hydrogen-bond acceptors (Lipinski definition) is 8. The number of ether oxygens (including phenoxy) is 1. The Kier molecular flexibility index (Phi) is 5.67. The molecule has 34 heavy (non-hydrogen) atoms. The lowest BCUT2D eigenvalue weighted by Gasteiger charge is -2.25. The molecule has 3 aromatic rings. The van der Waals surface area contributed by atoms with Crippen molar-refractivity contribution < 1.29 is 28.2 Å². The van der Waals surface area contributed by atoms with Gasteiger partial charge in [0.2, 0.25) is 17.7 Å². The molecule has 3 heterocycles. The molecular formula is C20H21F2N7O4S. The fraction of sp³-hybridized carbons (Fsp3) is 0.450. The molecule has 1 amide bonds. The summed E-state index contributed by atoms with van der Waals surface area (Å²) in [6, 6.07) is 1.18. The van der Waals surface area contributed by atoms with Crippen molar-refractivity contribution in [3.63, 3.8) is 0 Å². The zero-order valence-electron chi connectivity index (χ0n) is 18.0. The molecule has 0 aromatic carbocycles. The number of carbonyl (C=O) groups is 2. The number of alkyl halides is 2. The molecule has 2 aliphatic carbocycles. The number of carboxylic acids is 1. The van der Waals surface area contributed by atoms with Gasteiger partial charge in [-0.05, 0) is 37.7 Å². The van der Waals surface area contributed by atoms with Gasteiger partial charge in [-0.1, -0.05) is 0 Å². The number of carboxylic acid groups (broad SMARTS) is 1. The Morgan fingerprint density at radius 3 is 2.82 bits per heavy atom. The van der Waals surface area contributed by atoms with Crippen LogP contribution in [-0.2, 0) is 24.7 Å². The van der Waals surface area contributed by atoms with Crippen LogP contribution in [0.2, 0.25) is 0 Å². The van der Waals surface area contributed by atoms with E-state index < -0.39 is 12.6 Å². The van der Waals surface area contributed by atoms with Crippen molar-refractivity contribution in [3.8, 4) is 5.88 Å². The van der Waals surface area contributed by atoms with Crippen LogP contribution in [0.4, 0.5) is 25.5 Å². The highest BCUT2D eigenvalue weighted by atomic mass is 32.1. The molecule has 0 aliphatic heterocycles. The van der Waals surface area contributed by atoms with Crippen molar-refractivity contribution in [2.75, 3.05) is 10.6 Å². The Morgan fingerprint density at radius 1 is 1.32 bits per heavy atom. The van der Waals surface area contributed by atoms with Crippen molar-refractivity contribution in [2.24, 2.45) is 13.0 Å². The smallest absolute Gasteiger partial charge is 0.388 e. The Hall–Kier alpha value is -3.55. The summed E-state index contributed by atoms with van der Waals surface area (Å²) in [6.07, 6.45) is 4.97. The highest BCUT2D eigenvalue weighted by Crippen LogP contribution is 2.42. The van der Waals surface area contributed by atoms with Gasteiger partial charge in [-0.3, -0.25) is 9.36 Å². The number of anilines is 3. The first kappa shape index (κ1) is 22.3. The molecule has 5 rings (SSSR count). The third-order valence-corrected chi connectivity index (χ3v) is 7.11. The lowest BCUT2D eigenvalue weighted by Crippen LogP contribution is -2.20. The van der Waals surface area contributed by atoms with Gasteiger partial charge in [-0.15, -0.1) is 26.6 Å². The van der Waals surface area contributed by atoms with Gasteiger partial charge in [0.1, 0.15) is 17.1 Å². The van der Waals surface area contributed by atoms with E-state index in [2.05, 4.69) is 30.7 Å². The van der Waals surface area contributed by atoms with E-state index in [1.807, 2.05) is 0 Å². The highest BCUT2D eigenvalue weighted by Gasteiger charge is 2.34. The van der Waals surface area contributed by atoms with E-state index in [1.54, 1.807) is 11.6 Å². The number of carbonyl (C=O) groups excluding carboxylic acids is 1. The van der Waals surface area contributed by atoms with Crippen molar-refractivity contribution in [1.29, 1.82) is 0 Å². The maximum atomic E-state index is 12.5. The number of thiophene rings is 1. The van der Waals surface area contributed by atoms with E-state index in [9.17, 15) is 23.5 Å². The van der Waals surface area contributed by atoms with Crippen LogP contribution in [0.5, 0.6) is 5.88 Å². The number of fused-ring (bicyclic) bond motifs is 1. The molecule has 11 nitrogen and oxygen atoms in total. The van der Waals surface area contributed by atoms with Gasteiger partial charge < -0.3 is 20.5 Å². The predicted octanol–water partition coefficient (Wildman–Crippen LogP) is 3.19. The Bertz CT molecular complexity index is 1250. The zero-order valence-corrected chi connectivity index (χ0v) is 18.8. The molecule has 14 heteroatoms. The first-order valence-electron chi connectivity index (χ1n) is 10.6. The highest BCUT2D eigenvalue weighted by molar-refractivity contribution is 7.17. The summed E-state index contributed by atoms with van der Waals surface area (Å²) >= 11 is 1.32. The number of halogens is 2. The second-order valence-corrected chi connectivity index (χ2v) is 9.34. The summed E-state index contributed by atoms with van der Waals surface area (Å²) < 4.78 is 32.4. The third kappa shape index (κ3) is 4.32. The Balaban J connectivity index is 1.38. The van der Waals surface area contributed by atoms with E-state index in [-0.39, 0.29) is 29.3 Å². The number of nitrogens with zero attached hydrogens (tertiary/aromatic N) is 5. The molecular weight excluding hydrogens is 472 g/mol. The topological polar surface area (TPSA) is 136 Å². The average Bonchev–Trinajstić information content (AvgIpc) is 3.29. The second kappa shape index (κ2) is 8.66. The summed E-state index contributed by atoms with van der Waals surface area (Å²) in [5.41, 5.74) is 0.842. The van der Waals surface area contributed by atoms with E-state index in [4.69, 9.17) is 0 Å². The molecule has 2 aliphatic rings. The maximum Gasteiger partial charge on any atom is 0.388 e. The normalized spacial score (nSPS) is 17.5. The number of aryl methyl sites for hydroxylation is 2. The summed E-state index contributed by atoms with van der Waals surface area (Å²) in [5, 5.41) is 28.0. The van der Waals surface area contributed by atoms with Crippen molar-refractivity contribution in [1.82, 2.24) is 24.5 Å². The third-order valence-electron chi connectivity index (χ3n) is 5.91. The maximum absolute atomic E-state index is 12.5. The first-order chi connectivity index (χ1) is 16.3. The largest absolute Gasteiger partial charge is 0.478 e. The van der Waals surface area contributed by atoms with Gasteiger partial charge in [0.05, 0.1) is 5.56 Å².